The number of hydrogen-bond acceptors (Lipinski definition) is 4. The summed E-state index contributed by atoms with van der Waals surface area (Å²) in [5.41, 5.74) is 2.97. The number of carbonyl (C=O) groups excluding carboxylic acids is 1. The molecule has 140 valence electrons. The zero-order chi connectivity index (χ0) is 19.2. The smallest absolute Gasteiger partial charge is 0.228 e. The van der Waals surface area contributed by atoms with Gasteiger partial charge in [-0.05, 0) is 43.7 Å². The molecule has 5 heteroatoms. The fourth-order valence-electron chi connectivity index (χ4n) is 2.83. The number of benzene rings is 2. The number of carbonyl (C=O) groups is 1. The lowest BCUT2D eigenvalue weighted by atomic mass is 10.1. The molecule has 3 aromatic rings. The summed E-state index contributed by atoms with van der Waals surface area (Å²) in [6.45, 7) is 4.66. The van der Waals surface area contributed by atoms with Crippen molar-refractivity contribution in [2.24, 2.45) is 0 Å². The topological polar surface area (TPSA) is 42.4 Å². The van der Waals surface area contributed by atoms with Crippen LogP contribution < -0.4 is 4.74 Å². The molecule has 0 saturated carbocycles. The average Bonchev–Trinajstić information content (AvgIpc) is 3.16. The van der Waals surface area contributed by atoms with E-state index in [-0.39, 0.29) is 11.9 Å². The predicted octanol–water partition coefficient (Wildman–Crippen LogP) is 4.97. The molecule has 0 N–H and O–H groups in total. The Balaban J connectivity index is 1.65. The third-order valence-electron chi connectivity index (χ3n) is 4.55. The molecule has 27 heavy (non-hydrogen) atoms. The molecule has 0 saturated heterocycles. The number of aromatic nitrogens is 1. The van der Waals surface area contributed by atoms with Crippen molar-refractivity contribution < 1.29 is 9.53 Å². The molecule has 1 heterocycles. The lowest BCUT2D eigenvalue weighted by molar-refractivity contribution is -0.131. The fourth-order valence-corrected chi connectivity index (χ4v) is 3.66. The van der Waals surface area contributed by atoms with Crippen LogP contribution in [0.3, 0.4) is 0 Å². The molecule has 1 aromatic heterocycles. The van der Waals surface area contributed by atoms with Gasteiger partial charge in [0.15, 0.2) is 0 Å². The van der Waals surface area contributed by atoms with Gasteiger partial charge < -0.3 is 9.64 Å². The van der Waals surface area contributed by atoms with Gasteiger partial charge in [0.1, 0.15) is 10.8 Å². The monoisotopic (exact) mass is 380 g/mol. The minimum atomic E-state index is 0.0305. The summed E-state index contributed by atoms with van der Waals surface area (Å²) in [5.74, 6) is 0.916. The molecule has 1 amide bonds. The third kappa shape index (κ3) is 4.74. The first-order valence-corrected chi connectivity index (χ1v) is 9.94. The summed E-state index contributed by atoms with van der Waals surface area (Å²) in [6.07, 6.45) is 0.307. The Morgan fingerprint density at radius 2 is 1.85 bits per heavy atom. The maximum absolute atomic E-state index is 12.7. The van der Waals surface area contributed by atoms with E-state index in [1.54, 1.807) is 16.2 Å². The van der Waals surface area contributed by atoms with Crippen LogP contribution in [0.1, 0.15) is 31.1 Å². The van der Waals surface area contributed by atoms with Crippen molar-refractivity contribution in [1.29, 1.82) is 0 Å². The maximum Gasteiger partial charge on any atom is 0.228 e. The van der Waals surface area contributed by atoms with Gasteiger partial charge in [0, 0.05) is 18.0 Å². The van der Waals surface area contributed by atoms with Crippen LogP contribution in [0.4, 0.5) is 0 Å². The number of nitrogens with zero attached hydrogens (tertiary/aromatic N) is 2. The van der Waals surface area contributed by atoms with Crippen molar-refractivity contribution in [3.63, 3.8) is 0 Å². The van der Waals surface area contributed by atoms with Gasteiger partial charge >= 0.3 is 0 Å². The molecule has 1 unspecified atom stereocenters. The van der Waals surface area contributed by atoms with Gasteiger partial charge in [0.05, 0.1) is 24.8 Å². The third-order valence-corrected chi connectivity index (χ3v) is 5.49. The zero-order valence-corrected chi connectivity index (χ0v) is 16.7. The standard InChI is InChI=1S/C22H24N2O2S/c1-4-26-20-12-10-18(11-13-20)22-23-19(15-27-22)14-21(25)24(3)16(2)17-8-6-5-7-9-17/h5-13,15-16H,4,14H2,1-3H3. The lowest BCUT2D eigenvalue weighted by Gasteiger charge is -2.25. The SMILES string of the molecule is CCOc1ccc(-c2nc(CC(=O)N(C)C(C)c3ccccc3)cs2)cc1. The van der Waals surface area contributed by atoms with E-state index >= 15 is 0 Å². The van der Waals surface area contributed by atoms with E-state index < -0.39 is 0 Å². The van der Waals surface area contributed by atoms with Gasteiger partial charge in [-0.25, -0.2) is 4.98 Å². The second-order valence-corrected chi connectivity index (χ2v) is 7.23. The Hall–Kier alpha value is -2.66. The molecule has 3 rings (SSSR count). The van der Waals surface area contributed by atoms with Crippen LogP contribution >= 0.6 is 11.3 Å². The second-order valence-electron chi connectivity index (χ2n) is 6.37. The minimum Gasteiger partial charge on any atom is -0.494 e. The number of rotatable bonds is 7. The molecule has 1 atom stereocenters. The van der Waals surface area contributed by atoms with Gasteiger partial charge in [-0.3, -0.25) is 4.79 Å². The Labute approximate surface area is 164 Å². The van der Waals surface area contributed by atoms with Crippen molar-refractivity contribution in [2.75, 3.05) is 13.7 Å². The highest BCUT2D eigenvalue weighted by atomic mass is 32.1. The maximum atomic E-state index is 12.7. The molecule has 0 bridgehead atoms. The second kappa shape index (κ2) is 8.82. The van der Waals surface area contributed by atoms with Gasteiger partial charge in [-0.2, -0.15) is 0 Å². The van der Waals surface area contributed by atoms with Gasteiger partial charge in [-0.15, -0.1) is 11.3 Å². The van der Waals surface area contributed by atoms with Crippen molar-refractivity contribution in [1.82, 2.24) is 9.88 Å². The van der Waals surface area contributed by atoms with Crippen LogP contribution in [-0.2, 0) is 11.2 Å². The summed E-state index contributed by atoms with van der Waals surface area (Å²) in [4.78, 5) is 19.1. The van der Waals surface area contributed by atoms with Crippen LogP contribution in [0.15, 0.2) is 60.0 Å². The van der Waals surface area contributed by atoms with E-state index in [9.17, 15) is 4.79 Å². The first-order valence-electron chi connectivity index (χ1n) is 9.06. The molecule has 0 radical (unpaired) electrons. The summed E-state index contributed by atoms with van der Waals surface area (Å²) in [6, 6.07) is 18.0. The zero-order valence-electron chi connectivity index (χ0n) is 15.9. The summed E-state index contributed by atoms with van der Waals surface area (Å²) < 4.78 is 5.47. The number of thiazole rings is 1. The molecule has 0 aliphatic carbocycles. The van der Waals surface area contributed by atoms with Crippen molar-refractivity contribution in [2.45, 2.75) is 26.3 Å². The van der Waals surface area contributed by atoms with Crippen LogP contribution in [0.2, 0.25) is 0 Å². The normalized spacial score (nSPS) is 11.8. The highest BCUT2D eigenvalue weighted by Crippen LogP contribution is 2.26. The number of amides is 1. The first-order chi connectivity index (χ1) is 13.1. The van der Waals surface area contributed by atoms with Crippen LogP contribution in [0, 0.1) is 0 Å². The van der Waals surface area contributed by atoms with Crippen molar-refractivity contribution in [3.8, 4) is 16.3 Å². The number of likely N-dealkylation sites (N-methyl/N-ethyl adjacent to an activating group) is 1. The Morgan fingerprint density at radius 1 is 1.15 bits per heavy atom. The fraction of sp³-hybridized carbons (Fsp3) is 0.273. The Morgan fingerprint density at radius 3 is 2.52 bits per heavy atom. The number of hydrogen-bond donors (Lipinski definition) is 0. The number of ether oxygens (including phenoxy) is 1. The van der Waals surface area contributed by atoms with E-state index in [2.05, 4.69) is 4.98 Å². The first kappa shape index (κ1) is 19.1. The van der Waals surface area contributed by atoms with Gasteiger partial charge in [0.25, 0.3) is 0 Å². The minimum absolute atomic E-state index is 0.0305. The molecule has 2 aromatic carbocycles. The van der Waals surface area contributed by atoms with Crippen LogP contribution in [0.25, 0.3) is 10.6 Å². The average molecular weight is 381 g/mol. The van der Waals surface area contributed by atoms with Crippen molar-refractivity contribution >= 4 is 17.2 Å². The molecule has 0 aliphatic rings. The molecule has 0 fully saturated rings. The van der Waals surface area contributed by atoms with E-state index in [0.717, 1.165) is 27.6 Å². The lowest BCUT2D eigenvalue weighted by Crippen LogP contribution is -2.31. The van der Waals surface area contributed by atoms with Crippen LogP contribution in [-0.4, -0.2) is 29.4 Å². The molecular formula is C22H24N2O2S. The van der Waals surface area contributed by atoms with E-state index in [1.807, 2.05) is 80.9 Å². The summed E-state index contributed by atoms with van der Waals surface area (Å²) in [7, 11) is 1.85. The molecular weight excluding hydrogens is 356 g/mol. The highest BCUT2D eigenvalue weighted by molar-refractivity contribution is 7.13. The van der Waals surface area contributed by atoms with Gasteiger partial charge in [-0.1, -0.05) is 30.3 Å². The van der Waals surface area contributed by atoms with Crippen molar-refractivity contribution in [3.05, 3.63) is 71.2 Å². The largest absolute Gasteiger partial charge is 0.494 e. The van der Waals surface area contributed by atoms with Gasteiger partial charge in [0.2, 0.25) is 5.91 Å². The Kier molecular flexibility index (Phi) is 6.24. The van der Waals surface area contributed by atoms with E-state index in [0.29, 0.717) is 13.0 Å². The predicted molar refractivity (Wildman–Crippen MR) is 110 cm³/mol. The molecule has 0 spiro atoms. The van der Waals surface area contributed by atoms with Crippen LogP contribution in [0.5, 0.6) is 5.75 Å². The van der Waals surface area contributed by atoms with E-state index in [1.165, 1.54) is 0 Å². The highest BCUT2D eigenvalue weighted by Gasteiger charge is 2.18. The summed E-state index contributed by atoms with van der Waals surface area (Å²) >= 11 is 1.56. The Bertz CT molecular complexity index is 875. The van der Waals surface area contributed by atoms with E-state index in [4.69, 9.17) is 4.74 Å². The quantitative estimate of drug-likeness (QED) is 0.581. The summed E-state index contributed by atoms with van der Waals surface area (Å²) in [5, 5.41) is 2.88. The molecule has 4 nitrogen and oxygen atoms in total. The molecule has 0 aliphatic heterocycles.